The first-order chi connectivity index (χ1) is 14.1. The summed E-state index contributed by atoms with van der Waals surface area (Å²) < 4.78 is 5.45. The van der Waals surface area contributed by atoms with Gasteiger partial charge in [-0.3, -0.25) is 9.69 Å². The number of hydrogen-bond acceptors (Lipinski definition) is 3. The van der Waals surface area contributed by atoms with Crippen molar-refractivity contribution in [2.75, 3.05) is 34.4 Å². The number of fused-ring (bicyclic) bond motifs is 1. The maximum Gasteiger partial charge on any atom is 0.253 e. The van der Waals surface area contributed by atoms with E-state index in [2.05, 4.69) is 35.2 Å². The normalized spacial score (nSPS) is 21.8. The van der Waals surface area contributed by atoms with Gasteiger partial charge in [-0.15, -0.1) is 0 Å². The lowest BCUT2D eigenvalue weighted by molar-refractivity contribution is 0.0827. The number of rotatable bonds is 5. The molecule has 2 aromatic carbocycles. The lowest BCUT2D eigenvalue weighted by Crippen LogP contribution is -2.44. The second kappa shape index (κ2) is 8.68. The highest BCUT2D eigenvalue weighted by atomic mass is 16.5. The molecule has 2 atom stereocenters. The van der Waals surface area contributed by atoms with Gasteiger partial charge in [0.1, 0.15) is 0 Å². The van der Waals surface area contributed by atoms with Crippen molar-refractivity contribution < 1.29 is 9.53 Å². The SMILES string of the molecule is COCC1CCCN1C1CCc2cc(-c3ccc(C(=O)N(C)C)cc3)ccc2C1. The summed E-state index contributed by atoms with van der Waals surface area (Å²) in [5.74, 6) is 0.0433. The first-order valence-corrected chi connectivity index (χ1v) is 10.8. The molecule has 1 aliphatic carbocycles. The van der Waals surface area contributed by atoms with E-state index in [0.29, 0.717) is 12.1 Å². The molecule has 0 radical (unpaired) electrons. The molecule has 29 heavy (non-hydrogen) atoms. The highest BCUT2D eigenvalue weighted by Crippen LogP contribution is 2.32. The topological polar surface area (TPSA) is 32.8 Å². The van der Waals surface area contributed by atoms with Crippen molar-refractivity contribution >= 4 is 5.91 Å². The van der Waals surface area contributed by atoms with E-state index in [1.54, 1.807) is 19.0 Å². The van der Waals surface area contributed by atoms with Gasteiger partial charge < -0.3 is 9.64 Å². The van der Waals surface area contributed by atoms with E-state index in [1.807, 2.05) is 19.2 Å². The summed E-state index contributed by atoms with van der Waals surface area (Å²) in [7, 11) is 5.39. The van der Waals surface area contributed by atoms with Gasteiger partial charge in [-0.05, 0) is 73.0 Å². The number of hydrogen-bond donors (Lipinski definition) is 0. The number of ether oxygens (including phenoxy) is 1. The highest BCUT2D eigenvalue weighted by Gasteiger charge is 2.32. The highest BCUT2D eigenvalue weighted by molar-refractivity contribution is 5.94. The molecule has 0 spiro atoms. The quantitative estimate of drug-likeness (QED) is 0.770. The van der Waals surface area contributed by atoms with Gasteiger partial charge in [-0.1, -0.05) is 30.3 Å². The molecule has 4 heteroatoms. The van der Waals surface area contributed by atoms with Crippen LogP contribution in [0.5, 0.6) is 0 Å². The van der Waals surface area contributed by atoms with Crippen LogP contribution in [-0.4, -0.2) is 62.1 Å². The minimum atomic E-state index is 0.0433. The third-order valence-corrected chi connectivity index (χ3v) is 6.53. The van der Waals surface area contributed by atoms with E-state index < -0.39 is 0 Å². The minimum absolute atomic E-state index is 0.0433. The van der Waals surface area contributed by atoms with Gasteiger partial charge in [0.25, 0.3) is 5.91 Å². The number of amides is 1. The summed E-state index contributed by atoms with van der Waals surface area (Å²) in [5.41, 5.74) is 6.12. The lowest BCUT2D eigenvalue weighted by Gasteiger charge is -2.36. The Hall–Kier alpha value is -2.17. The molecule has 4 nitrogen and oxygen atoms in total. The third kappa shape index (κ3) is 4.24. The Balaban J connectivity index is 1.48. The monoisotopic (exact) mass is 392 g/mol. The Morgan fingerprint density at radius 1 is 1.07 bits per heavy atom. The average molecular weight is 393 g/mol. The van der Waals surface area contributed by atoms with Gasteiger partial charge in [0.2, 0.25) is 0 Å². The molecule has 1 aliphatic heterocycles. The molecule has 0 bridgehead atoms. The second-order valence-electron chi connectivity index (χ2n) is 8.65. The summed E-state index contributed by atoms with van der Waals surface area (Å²) >= 11 is 0. The van der Waals surface area contributed by atoms with Crippen LogP contribution in [0.15, 0.2) is 42.5 Å². The van der Waals surface area contributed by atoms with Crippen LogP contribution in [0.3, 0.4) is 0 Å². The Morgan fingerprint density at radius 3 is 2.55 bits per heavy atom. The molecule has 1 fully saturated rings. The maximum atomic E-state index is 12.1. The van der Waals surface area contributed by atoms with E-state index >= 15 is 0 Å². The molecule has 1 amide bonds. The molecule has 0 saturated carbocycles. The zero-order valence-electron chi connectivity index (χ0n) is 17.9. The maximum absolute atomic E-state index is 12.1. The Labute approximate surface area is 174 Å². The summed E-state index contributed by atoms with van der Waals surface area (Å²) in [6.07, 6.45) is 6.07. The van der Waals surface area contributed by atoms with E-state index in [1.165, 1.54) is 48.1 Å². The molecular weight excluding hydrogens is 360 g/mol. The zero-order valence-corrected chi connectivity index (χ0v) is 17.9. The van der Waals surface area contributed by atoms with Gasteiger partial charge in [-0.25, -0.2) is 0 Å². The number of aryl methyl sites for hydroxylation is 1. The fourth-order valence-corrected chi connectivity index (χ4v) is 4.97. The molecule has 1 saturated heterocycles. The first kappa shape index (κ1) is 20.1. The second-order valence-corrected chi connectivity index (χ2v) is 8.65. The summed E-state index contributed by atoms with van der Waals surface area (Å²) in [6, 6.07) is 16.1. The number of methoxy groups -OCH3 is 1. The molecule has 0 N–H and O–H groups in total. The van der Waals surface area contributed by atoms with Crippen molar-refractivity contribution in [3.05, 3.63) is 59.2 Å². The number of carbonyl (C=O) groups is 1. The summed E-state index contributed by atoms with van der Waals surface area (Å²) in [4.78, 5) is 16.4. The van der Waals surface area contributed by atoms with Gasteiger partial charge in [-0.2, -0.15) is 0 Å². The Morgan fingerprint density at radius 2 is 1.83 bits per heavy atom. The van der Waals surface area contributed by atoms with Crippen molar-refractivity contribution in [3.8, 4) is 11.1 Å². The standard InChI is InChI=1S/C25H32N2O2/c1-26(2)25(28)19-8-6-18(7-9-19)20-10-11-22-16-23(13-12-21(22)15-20)27-14-4-5-24(27)17-29-3/h6-11,15,23-24H,4-5,12-14,16-17H2,1-3H3. The molecule has 4 rings (SSSR count). The average Bonchev–Trinajstić information content (AvgIpc) is 3.21. The van der Waals surface area contributed by atoms with E-state index in [4.69, 9.17) is 4.74 Å². The molecule has 154 valence electrons. The van der Waals surface area contributed by atoms with Crippen LogP contribution in [0.2, 0.25) is 0 Å². The molecule has 1 heterocycles. The Bertz CT molecular complexity index is 860. The number of benzene rings is 2. The van der Waals surface area contributed by atoms with Crippen LogP contribution in [0.4, 0.5) is 0 Å². The van der Waals surface area contributed by atoms with E-state index in [0.717, 1.165) is 25.0 Å². The molecule has 2 unspecified atom stereocenters. The predicted octanol–water partition coefficient (Wildman–Crippen LogP) is 4.02. The molecule has 2 aliphatic rings. The number of nitrogens with zero attached hydrogens (tertiary/aromatic N) is 2. The van der Waals surface area contributed by atoms with Crippen LogP contribution in [0, 0.1) is 0 Å². The lowest BCUT2D eigenvalue weighted by atomic mass is 9.85. The molecule has 0 aromatic heterocycles. The van der Waals surface area contributed by atoms with Gasteiger partial charge in [0.05, 0.1) is 6.61 Å². The molecule has 2 aromatic rings. The van der Waals surface area contributed by atoms with Crippen LogP contribution in [-0.2, 0) is 17.6 Å². The minimum Gasteiger partial charge on any atom is -0.383 e. The summed E-state index contributed by atoms with van der Waals surface area (Å²) in [6.45, 7) is 2.07. The van der Waals surface area contributed by atoms with Crippen LogP contribution >= 0.6 is 0 Å². The van der Waals surface area contributed by atoms with Gasteiger partial charge in [0, 0.05) is 38.9 Å². The predicted molar refractivity (Wildman–Crippen MR) is 117 cm³/mol. The van der Waals surface area contributed by atoms with Crippen molar-refractivity contribution in [2.24, 2.45) is 0 Å². The van der Waals surface area contributed by atoms with Crippen LogP contribution in [0.1, 0.15) is 40.7 Å². The van der Waals surface area contributed by atoms with Gasteiger partial charge >= 0.3 is 0 Å². The first-order valence-electron chi connectivity index (χ1n) is 10.8. The molecular formula is C25H32N2O2. The smallest absolute Gasteiger partial charge is 0.253 e. The van der Waals surface area contributed by atoms with Crippen LogP contribution < -0.4 is 0 Å². The van der Waals surface area contributed by atoms with Crippen molar-refractivity contribution in [1.29, 1.82) is 0 Å². The van der Waals surface area contributed by atoms with Crippen molar-refractivity contribution in [2.45, 2.75) is 44.2 Å². The fraction of sp³-hybridized carbons (Fsp3) is 0.480. The third-order valence-electron chi connectivity index (χ3n) is 6.53. The largest absolute Gasteiger partial charge is 0.383 e. The Kier molecular flexibility index (Phi) is 6.02. The van der Waals surface area contributed by atoms with Gasteiger partial charge in [0.15, 0.2) is 0 Å². The fourth-order valence-electron chi connectivity index (χ4n) is 4.97. The summed E-state index contributed by atoms with van der Waals surface area (Å²) in [5, 5.41) is 0. The van der Waals surface area contributed by atoms with Crippen molar-refractivity contribution in [3.63, 3.8) is 0 Å². The number of carbonyl (C=O) groups excluding carboxylic acids is 1. The van der Waals surface area contributed by atoms with Crippen LogP contribution in [0.25, 0.3) is 11.1 Å². The van der Waals surface area contributed by atoms with Crippen molar-refractivity contribution in [1.82, 2.24) is 9.80 Å². The zero-order chi connectivity index (χ0) is 20.4. The number of likely N-dealkylation sites (tertiary alicyclic amines) is 1. The van der Waals surface area contributed by atoms with E-state index in [9.17, 15) is 4.79 Å². The van der Waals surface area contributed by atoms with E-state index in [-0.39, 0.29) is 5.91 Å².